The molecule has 0 aromatic carbocycles. The maximum absolute atomic E-state index is 5.25. The van der Waals surface area contributed by atoms with Gasteiger partial charge in [-0.2, -0.15) is 0 Å². The first-order valence-electron chi connectivity index (χ1n) is 8.98. The highest BCUT2D eigenvalue weighted by atomic mass is 16.5. The van der Waals surface area contributed by atoms with E-state index in [2.05, 4.69) is 13.8 Å². The first kappa shape index (κ1) is 25.9. The van der Waals surface area contributed by atoms with Gasteiger partial charge in [-0.15, -0.1) is 0 Å². The van der Waals surface area contributed by atoms with Crippen LogP contribution in [0, 0.1) is 0 Å². The summed E-state index contributed by atoms with van der Waals surface area (Å²) in [5.74, 6) is 0. The van der Waals surface area contributed by atoms with Crippen LogP contribution < -0.4 is 0 Å². The van der Waals surface area contributed by atoms with Crippen LogP contribution in [0.1, 0.15) is 101 Å². The van der Waals surface area contributed by atoms with Gasteiger partial charge in [-0.05, 0) is 55.4 Å². The van der Waals surface area contributed by atoms with Crippen molar-refractivity contribution in [3.63, 3.8) is 0 Å². The topological polar surface area (TPSA) is 18.5 Å². The van der Waals surface area contributed by atoms with E-state index in [9.17, 15) is 0 Å². The minimum absolute atomic E-state index is 0.375. The third-order valence-electron chi connectivity index (χ3n) is 2.30. The molecule has 0 aliphatic rings. The molecule has 0 aliphatic heterocycles. The molecule has 0 N–H and O–H groups in total. The molecular formula is C19H44O2. The molecule has 0 heterocycles. The zero-order valence-corrected chi connectivity index (χ0v) is 16.7. The number of hydrogen-bond donors (Lipinski definition) is 0. The molecule has 0 spiro atoms. The van der Waals surface area contributed by atoms with Gasteiger partial charge in [0.1, 0.15) is 0 Å². The zero-order chi connectivity index (χ0) is 17.3. The largest absolute Gasteiger partial charge is 0.376 e. The molecule has 0 unspecified atom stereocenters. The first-order valence-corrected chi connectivity index (χ1v) is 8.98. The Kier molecular flexibility index (Phi) is 24.5. The Morgan fingerprint density at radius 1 is 0.476 bits per heavy atom. The fourth-order valence-corrected chi connectivity index (χ4v) is 1.77. The molecule has 0 aromatic heterocycles. The van der Waals surface area contributed by atoms with Gasteiger partial charge in [0.2, 0.25) is 0 Å². The molecule has 2 heteroatoms. The summed E-state index contributed by atoms with van der Waals surface area (Å²) in [6, 6.07) is 0. The first-order chi connectivity index (χ1) is 9.67. The second-order valence-corrected chi connectivity index (χ2v) is 6.53. The molecule has 0 saturated heterocycles. The molecule has 0 rings (SSSR count). The van der Waals surface area contributed by atoms with E-state index in [-0.39, 0.29) is 0 Å². The Labute approximate surface area is 136 Å². The van der Waals surface area contributed by atoms with Crippen molar-refractivity contribution in [1.29, 1.82) is 0 Å². The average Bonchev–Trinajstić information content (AvgIpc) is 2.27. The Bertz CT molecular complexity index is 133. The van der Waals surface area contributed by atoms with E-state index >= 15 is 0 Å². The van der Waals surface area contributed by atoms with E-state index in [1.54, 1.807) is 0 Å². The maximum Gasteiger partial charge on any atom is 0.0522 e. The monoisotopic (exact) mass is 304 g/mol. The van der Waals surface area contributed by atoms with Gasteiger partial charge >= 0.3 is 0 Å². The average molecular weight is 305 g/mol. The van der Waals surface area contributed by atoms with Gasteiger partial charge < -0.3 is 9.47 Å². The van der Waals surface area contributed by atoms with E-state index in [0.717, 1.165) is 0 Å². The molecule has 0 fully saturated rings. The zero-order valence-electron chi connectivity index (χ0n) is 16.7. The van der Waals surface area contributed by atoms with E-state index < -0.39 is 0 Å². The van der Waals surface area contributed by atoms with Gasteiger partial charge in [0.25, 0.3) is 0 Å². The van der Waals surface area contributed by atoms with E-state index in [1.807, 2.05) is 55.4 Å². The molecule has 132 valence electrons. The lowest BCUT2D eigenvalue weighted by Gasteiger charge is -2.09. The summed E-state index contributed by atoms with van der Waals surface area (Å²) in [6.45, 7) is 20.8. The van der Waals surface area contributed by atoms with Crippen LogP contribution in [0.15, 0.2) is 0 Å². The van der Waals surface area contributed by atoms with Gasteiger partial charge in [-0.3, -0.25) is 0 Å². The van der Waals surface area contributed by atoms with Crippen LogP contribution in [-0.4, -0.2) is 24.4 Å². The molecule has 0 aliphatic carbocycles. The molecule has 0 bridgehead atoms. The van der Waals surface area contributed by atoms with Crippen LogP contribution in [0.3, 0.4) is 0 Å². The number of unbranched alkanes of at least 4 members (excludes halogenated alkanes) is 4. The molecule has 0 radical (unpaired) electrons. The summed E-state index contributed by atoms with van der Waals surface area (Å²) in [7, 11) is 0. The maximum atomic E-state index is 5.25. The summed E-state index contributed by atoms with van der Waals surface area (Å²) in [5.41, 5.74) is 0. The van der Waals surface area contributed by atoms with Crippen molar-refractivity contribution >= 4 is 0 Å². The van der Waals surface area contributed by atoms with Crippen molar-refractivity contribution in [2.24, 2.45) is 0 Å². The van der Waals surface area contributed by atoms with Crippen LogP contribution in [-0.2, 0) is 9.47 Å². The second kappa shape index (κ2) is 19.9. The predicted octanol–water partition coefficient (Wildman–Crippen LogP) is 6.62. The predicted molar refractivity (Wildman–Crippen MR) is 97.1 cm³/mol. The van der Waals surface area contributed by atoms with Crippen molar-refractivity contribution in [2.75, 3.05) is 0 Å². The van der Waals surface area contributed by atoms with Crippen LogP contribution in [0.5, 0.6) is 0 Å². The van der Waals surface area contributed by atoms with Crippen molar-refractivity contribution in [3.05, 3.63) is 0 Å². The minimum atomic E-state index is 0.375. The fourth-order valence-electron chi connectivity index (χ4n) is 1.77. The molecule has 2 nitrogen and oxygen atoms in total. The SMILES string of the molecule is CC(C)OC(C)C.CC(C)OC(C)C.CCCCCCC. The van der Waals surface area contributed by atoms with Crippen LogP contribution in [0.2, 0.25) is 0 Å². The molecule has 0 atom stereocenters. The quantitative estimate of drug-likeness (QED) is 0.469. The number of rotatable bonds is 8. The Morgan fingerprint density at radius 3 is 0.810 bits per heavy atom. The van der Waals surface area contributed by atoms with Gasteiger partial charge in [-0.1, -0.05) is 46.0 Å². The lowest BCUT2D eigenvalue weighted by Crippen LogP contribution is -2.09. The van der Waals surface area contributed by atoms with Gasteiger partial charge in [0, 0.05) is 0 Å². The molecular weight excluding hydrogens is 260 g/mol. The van der Waals surface area contributed by atoms with E-state index in [0.29, 0.717) is 24.4 Å². The van der Waals surface area contributed by atoms with Gasteiger partial charge in [-0.25, -0.2) is 0 Å². The van der Waals surface area contributed by atoms with E-state index in [4.69, 9.17) is 9.47 Å². The smallest absolute Gasteiger partial charge is 0.0522 e. The Morgan fingerprint density at radius 2 is 0.714 bits per heavy atom. The summed E-state index contributed by atoms with van der Waals surface area (Å²) in [4.78, 5) is 0. The minimum Gasteiger partial charge on any atom is -0.376 e. The molecule has 21 heavy (non-hydrogen) atoms. The van der Waals surface area contributed by atoms with Crippen molar-refractivity contribution in [1.82, 2.24) is 0 Å². The van der Waals surface area contributed by atoms with Gasteiger partial charge in [0.05, 0.1) is 24.4 Å². The van der Waals surface area contributed by atoms with Crippen molar-refractivity contribution in [3.8, 4) is 0 Å². The van der Waals surface area contributed by atoms with Crippen LogP contribution in [0.4, 0.5) is 0 Å². The summed E-state index contributed by atoms with van der Waals surface area (Å²) < 4.78 is 10.5. The number of ether oxygens (including phenoxy) is 2. The highest BCUT2D eigenvalue weighted by molar-refractivity contribution is 4.40. The third kappa shape index (κ3) is 45.0. The Hall–Kier alpha value is -0.0800. The summed E-state index contributed by atoms with van der Waals surface area (Å²) in [5, 5.41) is 0. The fraction of sp³-hybridized carbons (Fsp3) is 1.00. The molecule has 0 amide bonds. The highest BCUT2D eigenvalue weighted by Crippen LogP contribution is 2.00. The van der Waals surface area contributed by atoms with Crippen molar-refractivity contribution in [2.45, 2.75) is 126 Å². The normalized spacial score (nSPS) is 10.6. The summed E-state index contributed by atoms with van der Waals surface area (Å²) in [6.07, 6.45) is 8.51. The highest BCUT2D eigenvalue weighted by Gasteiger charge is 1.94. The molecule has 0 saturated carbocycles. The van der Waals surface area contributed by atoms with Crippen LogP contribution >= 0.6 is 0 Å². The Balaban J connectivity index is -0.000000231. The summed E-state index contributed by atoms with van der Waals surface area (Å²) >= 11 is 0. The molecule has 0 aromatic rings. The lowest BCUT2D eigenvalue weighted by atomic mass is 10.2. The number of hydrogen-bond acceptors (Lipinski definition) is 2. The van der Waals surface area contributed by atoms with E-state index in [1.165, 1.54) is 32.1 Å². The van der Waals surface area contributed by atoms with Crippen LogP contribution in [0.25, 0.3) is 0 Å². The standard InChI is InChI=1S/C7H16.2C6H14O/c1-3-5-7-6-4-2;2*1-5(2)7-6(3)4/h3-7H2,1-2H3;2*5-6H,1-4H3. The van der Waals surface area contributed by atoms with Crippen molar-refractivity contribution < 1.29 is 9.47 Å². The van der Waals surface area contributed by atoms with Gasteiger partial charge in [0.15, 0.2) is 0 Å². The third-order valence-corrected chi connectivity index (χ3v) is 2.30. The lowest BCUT2D eigenvalue weighted by molar-refractivity contribution is 0.0296. The second-order valence-electron chi connectivity index (χ2n) is 6.53.